The molecule has 2 N–H and O–H groups in total. The van der Waals surface area contributed by atoms with E-state index in [4.69, 9.17) is 0 Å². The van der Waals surface area contributed by atoms with Crippen LogP contribution in [0, 0.1) is 0 Å². The number of hydrogen-bond acceptors (Lipinski definition) is 3. The quantitative estimate of drug-likeness (QED) is 0.753. The molecule has 0 aliphatic carbocycles. The first-order valence-electron chi connectivity index (χ1n) is 6.29. The smallest absolute Gasteiger partial charge is 0.234 e. The zero-order valence-electron chi connectivity index (χ0n) is 11.4. The minimum absolute atomic E-state index is 0.0393. The molecule has 4 heteroatoms. The van der Waals surface area contributed by atoms with Gasteiger partial charge in [0.05, 0.1) is 6.54 Å². The van der Waals surface area contributed by atoms with Gasteiger partial charge in [0, 0.05) is 19.1 Å². The van der Waals surface area contributed by atoms with E-state index in [1.54, 1.807) is 7.05 Å². The number of carbonyl (C=O) groups is 1. The van der Waals surface area contributed by atoms with Crippen LogP contribution in [0.5, 0.6) is 0 Å². The molecule has 1 unspecified atom stereocenters. The number of benzene rings is 1. The summed E-state index contributed by atoms with van der Waals surface area (Å²) in [4.78, 5) is 13.6. The molecular formula is C14H23N3O. The van der Waals surface area contributed by atoms with Gasteiger partial charge in [0.15, 0.2) is 0 Å². The first-order chi connectivity index (χ1) is 8.63. The van der Waals surface area contributed by atoms with Gasteiger partial charge in [0.2, 0.25) is 5.91 Å². The lowest BCUT2D eigenvalue weighted by Gasteiger charge is -2.25. The Hall–Kier alpha value is -1.39. The highest BCUT2D eigenvalue weighted by atomic mass is 16.1. The highest BCUT2D eigenvalue weighted by molar-refractivity contribution is 5.77. The van der Waals surface area contributed by atoms with Crippen LogP contribution in [-0.2, 0) is 11.3 Å². The van der Waals surface area contributed by atoms with Crippen molar-refractivity contribution in [3.63, 3.8) is 0 Å². The summed E-state index contributed by atoms with van der Waals surface area (Å²) in [6.45, 7) is 4.05. The number of carbonyl (C=O) groups excluding carboxylic acids is 1. The van der Waals surface area contributed by atoms with Crippen LogP contribution >= 0.6 is 0 Å². The van der Waals surface area contributed by atoms with Gasteiger partial charge < -0.3 is 10.6 Å². The maximum absolute atomic E-state index is 11.3. The Balaban J connectivity index is 2.33. The summed E-state index contributed by atoms with van der Waals surface area (Å²) in [7, 11) is 3.84. The second kappa shape index (κ2) is 7.84. The molecule has 0 aliphatic heterocycles. The lowest BCUT2D eigenvalue weighted by molar-refractivity contribution is -0.120. The number of nitrogens with one attached hydrogen (secondary N) is 2. The summed E-state index contributed by atoms with van der Waals surface area (Å²) < 4.78 is 0. The number of amides is 1. The zero-order chi connectivity index (χ0) is 13.4. The van der Waals surface area contributed by atoms with Crippen molar-refractivity contribution in [2.45, 2.75) is 19.5 Å². The van der Waals surface area contributed by atoms with E-state index in [1.807, 2.05) is 18.2 Å². The molecular weight excluding hydrogens is 226 g/mol. The van der Waals surface area contributed by atoms with Crippen molar-refractivity contribution in [2.24, 2.45) is 0 Å². The second-order valence-electron chi connectivity index (χ2n) is 4.58. The first kappa shape index (κ1) is 14.7. The van der Waals surface area contributed by atoms with E-state index < -0.39 is 0 Å². The number of likely N-dealkylation sites (N-methyl/N-ethyl adjacent to an activating group) is 2. The fourth-order valence-corrected chi connectivity index (χ4v) is 1.67. The van der Waals surface area contributed by atoms with E-state index in [0.29, 0.717) is 19.1 Å². The second-order valence-corrected chi connectivity index (χ2v) is 4.58. The molecule has 0 fully saturated rings. The molecule has 1 aromatic carbocycles. The molecule has 1 rings (SSSR count). The molecule has 0 saturated heterocycles. The number of rotatable bonds is 7. The summed E-state index contributed by atoms with van der Waals surface area (Å²) in [6.07, 6.45) is 0. The number of nitrogens with zero attached hydrogens (tertiary/aromatic N) is 1. The molecule has 1 atom stereocenters. The topological polar surface area (TPSA) is 44.4 Å². The van der Waals surface area contributed by atoms with E-state index >= 15 is 0 Å². The summed E-state index contributed by atoms with van der Waals surface area (Å²) in [6, 6.07) is 10.6. The summed E-state index contributed by atoms with van der Waals surface area (Å²) in [5, 5.41) is 5.74. The van der Waals surface area contributed by atoms with Gasteiger partial charge >= 0.3 is 0 Å². The van der Waals surface area contributed by atoms with Crippen LogP contribution in [0.1, 0.15) is 12.5 Å². The fraction of sp³-hybridized carbons (Fsp3) is 0.500. The average molecular weight is 249 g/mol. The van der Waals surface area contributed by atoms with E-state index in [2.05, 4.69) is 41.6 Å². The number of hydrogen-bond donors (Lipinski definition) is 2. The van der Waals surface area contributed by atoms with Crippen molar-refractivity contribution in [3.05, 3.63) is 35.9 Å². The molecule has 1 aromatic rings. The van der Waals surface area contributed by atoms with Crippen LogP contribution in [0.4, 0.5) is 0 Å². The molecule has 0 aliphatic rings. The minimum atomic E-state index is 0.0393. The Kier molecular flexibility index (Phi) is 6.39. The highest BCUT2D eigenvalue weighted by Crippen LogP contribution is 2.05. The van der Waals surface area contributed by atoms with E-state index in [1.165, 1.54) is 5.56 Å². The lowest BCUT2D eigenvalue weighted by atomic mass is 10.2. The van der Waals surface area contributed by atoms with Gasteiger partial charge in [0.1, 0.15) is 0 Å². The third kappa shape index (κ3) is 5.29. The van der Waals surface area contributed by atoms with Gasteiger partial charge in [-0.1, -0.05) is 30.3 Å². The Bertz CT molecular complexity index is 353. The van der Waals surface area contributed by atoms with E-state index in [9.17, 15) is 4.79 Å². The maximum Gasteiger partial charge on any atom is 0.234 e. The van der Waals surface area contributed by atoms with Crippen LogP contribution in [0.2, 0.25) is 0 Å². The third-order valence-electron chi connectivity index (χ3n) is 2.96. The van der Waals surface area contributed by atoms with Crippen molar-refractivity contribution in [3.8, 4) is 0 Å². The Labute approximate surface area is 109 Å². The van der Waals surface area contributed by atoms with Gasteiger partial charge in [0.25, 0.3) is 0 Å². The normalized spacial score (nSPS) is 12.4. The zero-order valence-corrected chi connectivity index (χ0v) is 11.4. The first-order valence-corrected chi connectivity index (χ1v) is 6.29. The highest BCUT2D eigenvalue weighted by Gasteiger charge is 2.10. The molecule has 0 saturated carbocycles. The molecule has 4 nitrogen and oxygen atoms in total. The van der Waals surface area contributed by atoms with Gasteiger partial charge in [-0.3, -0.25) is 9.69 Å². The Morgan fingerprint density at radius 1 is 1.33 bits per heavy atom. The van der Waals surface area contributed by atoms with Gasteiger partial charge in [-0.05, 0) is 26.6 Å². The maximum atomic E-state index is 11.3. The Morgan fingerprint density at radius 2 is 2.00 bits per heavy atom. The molecule has 18 heavy (non-hydrogen) atoms. The molecule has 100 valence electrons. The minimum Gasteiger partial charge on any atom is -0.353 e. The summed E-state index contributed by atoms with van der Waals surface area (Å²) >= 11 is 0. The van der Waals surface area contributed by atoms with E-state index in [0.717, 1.165) is 6.54 Å². The average Bonchev–Trinajstić information content (AvgIpc) is 2.37. The fourth-order valence-electron chi connectivity index (χ4n) is 1.67. The van der Waals surface area contributed by atoms with Crippen LogP contribution in [0.15, 0.2) is 30.3 Å². The predicted octanol–water partition coefficient (Wildman–Crippen LogP) is 0.843. The van der Waals surface area contributed by atoms with E-state index in [-0.39, 0.29) is 5.91 Å². The largest absolute Gasteiger partial charge is 0.353 e. The molecule has 0 spiro atoms. The van der Waals surface area contributed by atoms with Crippen molar-refractivity contribution in [1.29, 1.82) is 0 Å². The van der Waals surface area contributed by atoms with Crippen LogP contribution in [-0.4, -0.2) is 44.0 Å². The molecule has 0 aromatic heterocycles. The van der Waals surface area contributed by atoms with Crippen molar-refractivity contribution < 1.29 is 4.79 Å². The van der Waals surface area contributed by atoms with Crippen molar-refractivity contribution >= 4 is 5.91 Å². The Morgan fingerprint density at radius 3 is 2.61 bits per heavy atom. The predicted molar refractivity (Wildman–Crippen MR) is 74.3 cm³/mol. The standard InChI is InChI=1S/C14H23N3O/c1-12(9-16-14(18)10-15-2)17(3)11-13-7-5-4-6-8-13/h4-8,12,15H,9-11H2,1-3H3,(H,16,18). The van der Waals surface area contributed by atoms with Crippen LogP contribution in [0.3, 0.4) is 0 Å². The lowest BCUT2D eigenvalue weighted by Crippen LogP contribution is -2.42. The molecule has 0 bridgehead atoms. The molecule has 0 radical (unpaired) electrons. The summed E-state index contributed by atoms with van der Waals surface area (Å²) in [5.74, 6) is 0.0393. The monoisotopic (exact) mass is 249 g/mol. The van der Waals surface area contributed by atoms with Gasteiger partial charge in [-0.15, -0.1) is 0 Å². The summed E-state index contributed by atoms with van der Waals surface area (Å²) in [5.41, 5.74) is 1.29. The molecule has 0 heterocycles. The van der Waals surface area contributed by atoms with Crippen molar-refractivity contribution in [1.82, 2.24) is 15.5 Å². The van der Waals surface area contributed by atoms with Gasteiger partial charge in [-0.2, -0.15) is 0 Å². The van der Waals surface area contributed by atoms with Crippen LogP contribution in [0.25, 0.3) is 0 Å². The third-order valence-corrected chi connectivity index (χ3v) is 2.96. The van der Waals surface area contributed by atoms with Crippen LogP contribution < -0.4 is 10.6 Å². The SMILES string of the molecule is CNCC(=O)NCC(C)N(C)Cc1ccccc1. The van der Waals surface area contributed by atoms with Gasteiger partial charge in [-0.25, -0.2) is 0 Å². The molecule has 1 amide bonds. The van der Waals surface area contributed by atoms with Crippen molar-refractivity contribution in [2.75, 3.05) is 27.2 Å².